The lowest BCUT2D eigenvalue weighted by Gasteiger charge is -2.36. The summed E-state index contributed by atoms with van der Waals surface area (Å²) >= 11 is 1.70. The molecule has 1 aliphatic rings. The number of benzene rings is 2. The van der Waals surface area contributed by atoms with Crippen LogP contribution in [0.4, 0.5) is 0 Å². The molecule has 3 heterocycles. The van der Waals surface area contributed by atoms with E-state index in [1.165, 1.54) is 14.8 Å². The zero-order chi connectivity index (χ0) is 23.0. The highest BCUT2D eigenvalue weighted by atomic mass is 32.2. The molecule has 8 nitrogen and oxygen atoms in total. The standard InChI is InChI=1S/C24H26N6O2S/c1-17-27-30(23(31)29(17)3)19-7-9-20(10-8-19)33-21-6-4-5-18(15-21)24(11-13-32-14-12-24)22-26-25-16-28(22)2/h4-10,15-16H,11-14H2,1-3H3. The fourth-order valence-electron chi connectivity index (χ4n) is 4.43. The Morgan fingerprint density at radius 2 is 1.79 bits per heavy atom. The minimum atomic E-state index is -0.206. The van der Waals surface area contributed by atoms with E-state index in [1.807, 2.05) is 42.8 Å². The molecule has 33 heavy (non-hydrogen) atoms. The molecular formula is C24H26N6O2S. The van der Waals surface area contributed by atoms with E-state index in [-0.39, 0.29) is 11.1 Å². The highest BCUT2D eigenvalue weighted by Gasteiger charge is 2.40. The second-order valence-corrected chi connectivity index (χ2v) is 9.53. The van der Waals surface area contributed by atoms with Crippen molar-refractivity contribution < 1.29 is 4.74 Å². The molecule has 5 rings (SSSR count). The second kappa shape index (κ2) is 8.64. The smallest absolute Gasteiger partial charge is 0.350 e. The molecule has 0 radical (unpaired) electrons. The van der Waals surface area contributed by atoms with Crippen molar-refractivity contribution in [3.05, 3.63) is 82.6 Å². The summed E-state index contributed by atoms with van der Waals surface area (Å²) in [6.45, 7) is 3.23. The van der Waals surface area contributed by atoms with Crippen LogP contribution in [0.1, 0.15) is 30.1 Å². The Bertz CT molecular complexity index is 1330. The first-order chi connectivity index (χ1) is 16.0. The molecule has 2 aromatic heterocycles. The zero-order valence-electron chi connectivity index (χ0n) is 18.9. The molecule has 0 unspecified atom stereocenters. The molecule has 0 N–H and O–H groups in total. The number of aromatic nitrogens is 6. The average Bonchev–Trinajstić information content (AvgIpc) is 3.39. The van der Waals surface area contributed by atoms with Crippen molar-refractivity contribution in [2.75, 3.05) is 13.2 Å². The van der Waals surface area contributed by atoms with Crippen molar-refractivity contribution in [2.24, 2.45) is 14.1 Å². The van der Waals surface area contributed by atoms with E-state index in [9.17, 15) is 4.79 Å². The summed E-state index contributed by atoms with van der Waals surface area (Å²) in [5.74, 6) is 1.66. The summed E-state index contributed by atoms with van der Waals surface area (Å²) < 4.78 is 10.7. The molecule has 2 aromatic carbocycles. The van der Waals surface area contributed by atoms with E-state index >= 15 is 0 Å². The van der Waals surface area contributed by atoms with Gasteiger partial charge in [-0.25, -0.2) is 4.79 Å². The second-order valence-electron chi connectivity index (χ2n) is 8.38. The molecule has 1 saturated heterocycles. The number of nitrogens with zero attached hydrogens (tertiary/aromatic N) is 6. The van der Waals surface area contributed by atoms with E-state index in [1.54, 1.807) is 25.1 Å². The van der Waals surface area contributed by atoms with E-state index < -0.39 is 0 Å². The van der Waals surface area contributed by atoms with Gasteiger partial charge in [-0.3, -0.25) is 4.57 Å². The summed E-state index contributed by atoms with van der Waals surface area (Å²) in [5.41, 5.74) is 1.64. The summed E-state index contributed by atoms with van der Waals surface area (Å²) in [5, 5.41) is 12.9. The first-order valence-corrected chi connectivity index (χ1v) is 11.7. The summed E-state index contributed by atoms with van der Waals surface area (Å²) in [6.07, 6.45) is 3.52. The molecule has 0 aliphatic carbocycles. The molecule has 170 valence electrons. The number of rotatable bonds is 5. The fourth-order valence-corrected chi connectivity index (χ4v) is 5.31. The van der Waals surface area contributed by atoms with Crippen LogP contribution in [0.25, 0.3) is 5.69 Å². The molecule has 0 atom stereocenters. The van der Waals surface area contributed by atoms with Crippen LogP contribution >= 0.6 is 11.8 Å². The molecule has 4 aromatic rings. The third kappa shape index (κ3) is 3.91. The Hall–Kier alpha value is -3.17. The Kier molecular flexibility index (Phi) is 5.67. The summed E-state index contributed by atoms with van der Waals surface area (Å²) in [4.78, 5) is 14.6. The van der Waals surface area contributed by atoms with Gasteiger partial charge in [0.25, 0.3) is 0 Å². The lowest BCUT2D eigenvalue weighted by atomic mass is 9.73. The van der Waals surface area contributed by atoms with Crippen molar-refractivity contribution in [2.45, 2.75) is 35.0 Å². The number of ether oxygens (including phenoxy) is 1. The number of hydrogen-bond acceptors (Lipinski definition) is 6. The van der Waals surface area contributed by atoms with Gasteiger partial charge in [-0.05, 0) is 61.7 Å². The van der Waals surface area contributed by atoms with Crippen molar-refractivity contribution in [3.8, 4) is 5.69 Å². The lowest BCUT2D eigenvalue weighted by Crippen LogP contribution is -2.37. The van der Waals surface area contributed by atoms with Crippen molar-refractivity contribution in [1.82, 2.24) is 29.1 Å². The normalized spacial score (nSPS) is 15.6. The minimum Gasteiger partial charge on any atom is -0.381 e. The van der Waals surface area contributed by atoms with Crippen molar-refractivity contribution in [1.29, 1.82) is 0 Å². The third-order valence-corrected chi connectivity index (χ3v) is 7.39. The van der Waals surface area contributed by atoms with Crippen LogP contribution in [0, 0.1) is 6.92 Å². The minimum absolute atomic E-state index is 0.147. The average molecular weight is 463 g/mol. The maximum absolute atomic E-state index is 12.3. The van der Waals surface area contributed by atoms with E-state index in [0.29, 0.717) is 19.0 Å². The van der Waals surface area contributed by atoms with Crippen LogP contribution in [0.2, 0.25) is 0 Å². The molecule has 1 fully saturated rings. The van der Waals surface area contributed by atoms with E-state index in [0.717, 1.165) is 34.1 Å². The quantitative estimate of drug-likeness (QED) is 0.453. The molecule has 1 aliphatic heterocycles. The zero-order valence-corrected chi connectivity index (χ0v) is 19.7. The monoisotopic (exact) mass is 462 g/mol. The topological polar surface area (TPSA) is 79.8 Å². The number of aryl methyl sites for hydroxylation is 2. The van der Waals surface area contributed by atoms with Gasteiger partial charge in [0, 0.05) is 37.1 Å². The van der Waals surface area contributed by atoms with Crippen LogP contribution < -0.4 is 5.69 Å². The SMILES string of the molecule is Cc1nn(-c2ccc(Sc3cccc(C4(c5nncn5C)CCOCC4)c3)cc2)c(=O)n1C. The van der Waals surface area contributed by atoms with Gasteiger partial charge in [0.1, 0.15) is 18.0 Å². The van der Waals surface area contributed by atoms with Gasteiger partial charge < -0.3 is 9.30 Å². The van der Waals surface area contributed by atoms with Crippen molar-refractivity contribution in [3.63, 3.8) is 0 Å². The Morgan fingerprint density at radius 1 is 1.03 bits per heavy atom. The van der Waals surface area contributed by atoms with Gasteiger partial charge in [0.15, 0.2) is 0 Å². The van der Waals surface area contributed by atoms with Crippen LogP contribution in [0.15, 0.2) is 69.4 Å². The Balaban J connectivity index is 1.43. The molecule has 0 amide bonds. The van der Waals surface area contributed by atoms with E-state index in [4.69, 9.17) is 4.74 Å². The summed E-state index contributed by atoms with van der Waals surface area (Å²) in [7, 11) is 3.73. The first kappa shape index (κ1) is 21.7. The number of hydrogen-bond donors (Lipinski definition) is 0. The van der Waals surface area contributed by atoms with E-state index in [2.05, 4.69) is 39.6 Å². The van der Waals surface area contributed by atoms with Gasteiger partial charge in [-0.2, -0.15) is 9.78 Å². The molecular weight excluding hydrogens is 436 g/mol. The van der Waals surface area contributed by atoms with Gasteiger partial charge in [0.2, 0.25) is 0 Å². The van der Waals surface area contributed by atoms with Crippen LogP contribution in [-0.2, 0) is 24.2 Å². The Morgan fingerprint density at radius 3 is 2.42 bits per heavy atom. The highest BCUT2D eigenvalue weighted by molar-refractivity contribution is 7.99. The first-order valence-electron chi connectivity index (χ1n) is 10.9. The molecule has 0 spiro atoms. The molecule has 0 bridgehead atoms. The predicted octanol–water partition coefficient (Wildman–Crippen LogP) is 3.26. The maximum Gasteiger partial charge on any atom is 0.350 e. The summed E-state index contributed by atoms with van der Waals surface area (Å²) in [6, 6.07) is 16.6. The lowest BCUT2D eigenvalue weighted by molar-refractivity contribution is 0.0595. The van der Waals surface area contributed by atoms with Crippen LogP contribution in [0.3, 0.4) is 0 Å². The van der Waals surface area contributed by atoms with Gasteiger partial charge in [-0.1, -0.05) is 23.9 Å². The Labute approximate surface area is 196 Å². The third-order valence-electron chi connectivity index (χ3n) is 6.39. The highest BCUT2D eigenvalue weighted by Crippen LogP contribution is 2.41. The largest absolute Gasteiger partial charge is 0.381 e. The van der Waals surface area contributed by atoms with Gasteiger partial charge in [0.05, 0.1) is 11.1 Å². The van der Waals surface area contributed by atoms with Gasteiger partial charge >= 0.3 is 5.69 Å². The van der Waals surface area contributed by atoms with Crippen LogP contribution in [0.5, 0.6) is 0 Å². The van der Waals surface area contributed by atoms with Crippen LogP contribution in [-0.4, -0.2) is 42.3 Å². The fraction of sp³-hybridized carbons (Fsp3) is 0.333. The van der Waals surface area contributed by atoms with Gasteiger partial charge in [-0.15, -0.1) is 10.2 Å². The van der Waals surface area contributed by atoms with Crippen molar-refractivity contribution >= 4 is 11.8 Å². The maximum atomic E-state index is 12.3. The molecule has 9 heteroatoms. The molecule has 0 saturated carbocycles. The predicted molar refractivity (Wildman–Crippen MR) is 126 cm³/mol.